The van der Waals surface area contributed by atoms with Gasteiger partial charge < -0.3 is 10.5 Å². The minimum atomic E-state index is -0.0715. The number of nitrogens with two attached hydrogens (primary N) is 1. The van der Waals surface area contributed by atoms with Gasteiger partial charge in [0.2, 0.25) is 0 Å². The average Bonchev–Trinajstić information content (AvgIpc) is 2.30. The van der Waals surface area contributed by atoms with Gasteiger partial charge in [-0.05, 0) is 37.0 Å². The first-order valence-electron chi connectivity index (χ1n) is 6.69. The highest BCUT2D eigenvalue weighted by Gasteiger charge is 2.16. The number of ether oxygens (including phenoxy) is 1. The van der Waals surface area contributed by atoms with Crippen molar-refractivity contribution < 1.29 is 4.74 Å². The number of hydrogen-bond donors (Lipinski definition) is 1. The zero-order valence-corrected chi connectivity index (χ0v) is 12.6. The van der Waals surface area contributed by atoms with Crippen molar-refractivity contribution in [3.63, 3.8) is 0 Å². The van der Waals surface area contributed by atoms with Gasteiger partial charge in [0.15, 0.2) is 0 Å². The molecule has 1 rings (SSSR count). The molecule has 18 heavy (non-hydrogen) atoms. The van der Waals surface area contributed by atoms with E-state index in [9.17, 15) is 0 Å². The van der Waals surface area contributed by atoms with Crippen molar-refractivity contribution in [3.05, 3.63) is 28.3 Å². The lowest BCUT2D eigenvalue weighted by atomic mass is 9.96. The number of hydrogen-bond acceptors (Lipinski definition) is 2. The Morgan fingerprint density at radius 2 is 1.83 bits per heavy atom. The van der Waals surface area contributed by atoms with E-state index in [-0.39, 0.29) is 6.04 Å². The van der Waals surface area contributed by atoms with E-state index in [0.29, 0.717) is 5.92 Å². The summed E-state index contributed by atoms with van der Waals surface area (Å²) >= 11 is 6.16. The first kappa shape index (κ1) is 15.3. The van der Waals surface area contributed by atoms with E-state index in [0.717, 1.165) is 41.3 Å². The molecule has 0 saturated carbocycles. The van der Waals surface area contributed by atoms with Crippen LogP contribution in [0.3, 0.4) is 0 Å². The summed E-state index contributed by atoms with van der Waals surface area (Å²) in [5.74, 6) is 1.30. The quantitative estimate of drug-likeness (QED) is 0.762. The first-order chi connectivity index (χ1) is 8.47. The van der Waals surface area contributed by atoms with E-state index in [1.54, 1.807) is 0 Å². The van der Waals surface area contributed by atoms with Crippen LogP contribution in [-0.4, -0.2) is 6.61 Å². The minimum Gasteiger partial charge on any atom is -0.493 e. The second-order valence-electron chi connectivity index (χ2n) is 5.06. The van der Waals surface area contributed by atoms with Gasteiger partial charge in [0, 0.05) is 16.6 Å². The van der Waals surface area contributed by atoms with Gasteiger partial charge in [-0.2, -0.15) is 0 Å². The fourth-order valence-corrected chi connectivity index (χ4v) is 2.12. The zero-order chi connectivity index (χ0) is 13.7. The van der Waals surface area contributed by atoms with Crippen molar-refractivity contribution >= 4 is 11.6 Å². The third kappa shape index (κ3) is 3.89. The summed E-state index contributed by atoms with van der Waals surface area (Å²) in [7, 11) is 0. The topological polar surface area (TPSA) is 35.2 Å². The van der Waals surface area contributed by atoms with Crippen LogP contribution in [-0.2, 0) is 0 Å². The molecular formula is C15H24ClNO. The average molecular weight is 270 g/mol. The normalized spacial score (nSPS) is 12.8. The highest BCUT2D eigenvalue weighted by atomic mass is 35.5. The van der Waals surface area contributed by atoms with Crippen LogP contribution in [0.25, 0.3) is 0 Å². The van der Waals surface area contributed by atoms with Crippen molar-refractivity contribution in [1.82, 2.24) is 0 Å². The molecule has 0 aliphatic heterocycles. The molecule has 0 fully saturated rings. The first-order valence-corrected chi connectivity index (χ1v) is 7.06. The highest BCUT2D eigenvalue weighted by Crippen LogP contribution is 2.36. The Morgan fingerprint density at radius 3 is 2.33 bits per heavy atom. The molecule has 1 unspecified atom stereocenters. The molecule has 0 aromatic heterocycles. The fraction of sp³-hybridized carbons (Fsp3) is 0.600. The molecule has 0 radical (unpaired) electrons. The summed E-state index contributed by atoms with van der Waals surface area (Å²) in [4.78, 5) is 0. The summed E-state index contributed by atoms with van der Waals surface area (Å²) < 4.78 is 5.95. The Kier molecular flexibility index (Phi) is 5.97. The summed E-state index contributed by atoms with van der Waals surface area (Å²) in [6.45, 7) is 9.13. The van der Waals surface area contributed by atoms with Crippen LogP contribution < -0.4 is 10.5 Å². The molecule has 0 heterocycles. The van der Waals surface area contributed by atoms with E-state index in [4.69, 9.17) is 22.1 Å². The molecule has 2 N–H and O–H groups in total. The third-order valence-electron chi connectivity index (χ3n) is 2.97. The SMILES string of the molecule is CCCCOc1c(C(C)C)cc(Cl)cc1C(C)N. The van der Waals surface area contributed by atoms with Crippen LogP contribution in [0.15, 0.2) is 12.1 Å². The van der Waals surface area contributed by atoms with E-state index in [2.05, 4.69) is 20.8 Å². The van der Waals surface area contributed by atoms with Gasteiger partial charge in [-0.3, -0.25) is 0 Å². The van der Waals surface area contributed by atoms with Crippen LogP contribution in [0, 0.1) is 0 Å². The zero-order valence-electron chi connectivity index (χ0n) is 11.8. The van der Waals surface area contributed by atoms with Gasteiger partial charge in [-0.15, -0.1) is 0 Å². The summed E-state index contributed by atoms with van der Waals surface area (Å²) in [5, 5.41) is 0.730. The van der Waals surface area contributed by atoms with Crippen LogP contribution in [0.2, 0.25) is 5.02 Å². The Balaban J connectivity index is 3.14. The molecule has 0 amide bonds. The van der Waals surface area contributed by atoms with E-state index >= 15 is 0 Å². The van der Waals surface area contributed by atoms with Gasteiger partial charge in [0.05, 0.1) is 6.61 Å². The maximum Gasteiger partial charge on any atom is 0.127 e. The highest BCUT2D eigenvalue weighted by molar-refractivity contribution is 6.30. The van der Waals surface area contributed by atoms with Crippen molar-refractivity contribution in [2.45, 2.75) is 52.5 Å². The van der Waals surface area contributed by atoms with E-state index < -0.39 is 0 Å². The van der Waals surface area contributed by atoms with E-state index in [1.165, 1.54) is 0 Å². The summed E-state index contributed by atoms with van der Waals surface area (Å²) in [5.41, 5.74) is 8.16. The molecule has 1 aromatic carbocycles. The predicted molar refractivity (Wildman–Crippen MR) is 78.5 cm³/mol. The molecule has 102 valence electrons. The van der Waals surface area contributed by atoms with Crippen molar-refractivity contribution in [2.24, 2.45) is 5.73 Å². The largest absolute Gasteiger partial charge is 0.493 e. The Hall–Kier alpha value is -0.730. The predicted octanol–water partition coefficient (Wildman–Crippen LogP) is 4.66. The molecule has 1 aromatic rings. The van der Waals surface area contributed by atoms with Gasteiger partial charge in [-0.25, -0.2) is 0 Å². The molecular weight excluding hydrogens is 246 g/mol. The van der Waals surface area contributed by atoms with Crippen LogP contribution >= 0.6 is 11.6 Å². The van der Waals surface area contributed by atoms with E-state index in [1.807, 2.05) is 19.1 Å². The van der Waals surface area contributed by atoms with Gasteiger partial charge in [0.1, 0.15) is 5.75 Å². The minimum absolute atomic E-state index is 0.0715. The number of benzene rings is 1. The molecule has 0 aliphatic carbocycles. The monoisotopic (exact) mass is 269 g/mol. The number of rotatable bonds is 6. The maximum absolute atomic E-state index is 6.16. The van der Waals surface area contributed by atoms with Crippen molar-refractivity contribution in [2.75, 3.05) is 6.61 Å². The molecule has 1 atom stereocenters. The number of halogens is 1. The fourth-order valence-electron chi connectivity index (χ4n) is 1.89. The Morgan fingerprint density at radius 1 is 1.22 bits per heavy atom. The van der Waals surface area contributed by atoms with Crippen LogP contribution in [0.5, 0.6) is 5.75 Å². The molecule has 3 heteroatoms. The van der Waals surface area contributed by atoms with Crippen molar-refractivity contribution in [3.8, 4) is 5.75 Å². The molecule has 0 saturated heterocycles. The van der Waals surface area contributed by atoms with Crippen LogP contribution in [0.1, 0.15) is 63.6 Å². The lowest BCUT2D eigenvalue weighted by Gasteiger charge is -2.20. The second-order valence-corrected chi connectivity index (χ2v) is 5.50. The molecule has 0 aliphatic rings. The molecule has 2 nitrogen and oxygen atoms in total. The second kappa shape index (κ2) is 7.01. The lowest BCUT2D eigenvalue weighted by Crippen LogP contribution is -2.11. The maximum atomic E-state index is 6.16. The van der Waals surface area contributed by atoms with Crippen molar-refractivity contribution in [1.29, 1.82) is 0 Å². The lowest BCUT2D eigenvalue weighted by molar-refractivity contribution is 0.300. The summed E-state index contributed by atoms with van der Waals surface area (Å²) in [6, 6.07) is 3.83. The standard InChI is InChI=1S/C15H24ClNO/c1-5-6-7-18-15-13(10(2)3)8-12(16)9-14(15)11(4)17/h8-11H,5-7,17H2,1-4H3. The van der Waals surface area contributed by atoms with Gasteiger partial charge in [0.25, 0.3) is 0 Å². The third-order valence-corrected chi connectivity index (χ3v) is 3.19. The molecule has 0 spiro atoms. The smallest absolute Gasteiger partial charge is 0.127 e. The Labute approximate surface area is 115 Å². The number of unbranched alkanes of at least 4 members (excludes halogenated alkanes) is 1. The van der Waals surface area contributed by atoms with Crippen LogP contribution in [0.4, 0.5) is 0 Å². The van der Waals surface area contributed by atoms with Gasteiger partial charge in [-0.1, -0.05) is 38.8 Å². The summed E-state index contributed by atoms with van der Waals surface area (Å²) in [6.07, 6.45) is 2.18. The van der Waals surface area contributed by atoms with Gasteiger partial charge >= 0.3 is 0 Å². The molecule has 0 bridgehead atoms. The Bertz CT molecular complexity index is 359.